The molecule has 0 radical (unpaired) electrons. The van der Waals surface area contributed by atoms with Crippen LogP contribution in [0.1, 0.15) is 31.8 Å². The topological polar surface area (TPSA) is 34.1 Å². The minimum Gasteiger partial charge on any atom is -0.288 e. The quantitative estimate of drug-likeness (QED) is 0.174. The van der Waals surface area contributed by atoms with Gasteiger partial charge in [0, 0.05) is 21.2 Å². The van der Waals surface area contributed by atoms with Crippen LogP contribution in [-0.2, 0) is 0 Å². The van der Waals surface area contributed by atoms with Crippen LogP contribution in [0.2, 0.25) is 10.0 Å². The summed E-state index contributed by atoms with van der Waals surface area (Å²) >= 11 is 13.2. The standard InChI is InChI=1S/C30H20Cl2O2S/c31-25-15-11-23(12-16-25)29(33)27(19-21-7-3-1-4-8-21)35-28(20-22-9-5-2-6-10-22)30(34)24-13-17-26(32)18-14-24/h1-20H/b27-19-,28-20-. The highest BCUT2D eigenvalue weighted by molar-refractivity contribution is 8.08. The first-order valence-corrected chi connectivity index (χ1v) is 12.4. The maximum atomic E-state index is 13.6. The lowest BCUT2D eigenvalue weighted by Crippen LogP contribution is -2.06. The summed E-state index contributed by atoms with van der Waals surface area (Å²) in [5.74, 6) is -0.392. The predicted molar refractivity (Wildman–Crippen MR) is 148 cm³/mol. The van der Waals surface area contributed by atoms with Crippen LogP contribution in [0.15, 0.2) is 119 Å². The first-order valence-electron chi connectivity index (χ1n) is 10.8. The Bertz CT molecular complexity index is 1270. The van der Waals surface area contributed by atoms with Crippen molar-refractivity contribution in [2.45, 2.75) is 0 Å². The van der Waals surface area contributed by atoms with Crippen LogP contribution < -0.4 is 0 Å². The molecule has 0 aliphatic heterocycles. The van der Waals surface area contributed by atoms with Crippen molar-refractivity contribution in [3.8, 4) is 0 Å². The van der Waals surface area contributed by atoms with E-state index in [4.69, 9.17) is 23.2 Å². The Morgan fingerprint density at radius 1 is 0.514 bits per heavy atom. The van der Waals surface area contributed by atoms with Crippen molar-refractivity contribution in [1.82, 2.24) is 0 Å². The second kappa shape index (κ2) is 11.9. The monoisotopic (exact) mass is 514 g/mol. The average Bonchev–Trinajstić information content (AvgIpc) is 2.89. The molecule has 0 aromatic heterocycles. The highest BCUT2D eigenvalue weighted by Gasteiger charge is 2.20. The smallest absolute Gasteiger partial charge is 0.199 e. The summed E-state index contributed by atoms with van der Waals surface area (Å²) in [5, 5.41) is 1.09. The number of thioether (sulfide) groups is 1. The molecule has 172 valence electrons. The van der Waals surface area contributed by atoms with E-state index in [-0.39, 0.29) is 11.6 Å². The van der Waals surface area contributed by atoms with E-state index in [1.165, 1.54) is 0 Å². The van der Waals surface area contributed by atoms with Gasteiger partial charge in [-0.25, -0.2) is 0 Å². The fourth-order valence-corrected chi connectivity index (χ4v) is 4.59. The highest BCUT2D eigenvalue weighted by atomic mass is 35.5. The zero-order valence-corrected chi connectivity index (χ0v) is 20.9. The van der Waals surface area contributed by atoms with Gasteiger partial charge >= 0.3 is 0 Å². The third-order valence-corrected chi connectivity index (χ3v) is 6.63. The van der Waals surface area contributed by atoms with E-state index in [0.29, 0.717) is 31.0 Å². The number of Topliss-reactive ketones (excluding diaryl/α,β-unsaturated/α-hetero) is 2. The van der Waals surface area contributed by atoms with Gasteiger partial charge in [0.25, 0.3) is 0 Å². The van der Waals surface area contributed by atoms with Gasteiger partial charge in [-0.1, -0.05) is 95.6 Å². The van der Waals surface area contributed by atoms with Gasteiger partial charge in [0.1, 0.15) is 0 Å². The van der Waals surface area contributed by atoms with Gasteiger partial charge in [-0.3, -0.25) is 9.59 Å². The molecule has 4 aromatic rings. The van der Waals surface area contributed by atoms with Gasteiger partial charge in [-0.05, 0) is 71.8 Å². The molecule has 0 saturated carbocycles. The zero-order chi connectivity index (χ0) is 24.6. The van der Waals surface area contributed by atoms with Gasteiger partial charge < -0.3 is 0 Å². The molecular weight excluding hydrogens is 495 g/mol. The van der Waals surface area contributed by atoms with Crippen LogP contribution in [0, 0.1) is 0 Å². The van der Waals surface area contributed by atoms with Crippen molar-refractivity contribution in [3.63, 3.8) is 0 Å². The highest BCUT2D eigenvalue weighted by Crippen LogP contribution is 2.34. The summed E-state index contributed by atoms with van der Waals surface area (Å²) in [6.45, 7) is 0. The van der Waals surface area contributed by atoms with Crippen LogP contribution >= 0.6 is 35.0 Å². The molecule has 0 fully saturated rings. The van der Waals surface area contributed by atoms with Gasteiger partial charge in [0.15, 0.2) is 11.6 Å². The lowest BCUT2D eigenvalue weighted by molar-refractivity contribution is 0.103. The van der Waals surface area contributed by atoms with Crippen molar-refractivity contribution in [3.05, 3.63) is 151 Å². The molecule has 35 heavy (non-hydrogen) atoms. The third kappa shape index (κ3) is 6.83. The molecule has 0 heterocycles. The summed E-state index contributed by atoms with van der Waals surface area (Å²) in [4.78, 5) is 28.0. The van der Waals surface area contributed by atoms with E-state index in [2.05, 4.69) is 0 Å². The largest absolute Gasteiger partial charge is 0.288 e. The molecule has 4 rings (SSSR count). The van der Waals surface area contributed by atoms with E-state index in [1.807, 2.05) is 60.7 Å². The molecule has 0 spiro atoms. The lowest BCUT2D eigenvalue weighted by Gasteiger charge is -2.11. The predicted octanol–water partition coefficient (Wildman–Crippen LogP) is 8.87. The number of halogens is 2. The molecule has 0 bridgehead atoms. The van der Waals surface area contributed by atoms with Crippen molar-refractivity contribution < 1.29 is 9.59 Å². The normalized spacial score (nSPS) is 11.8. The van der Waals surface area contributed by atoms with Crippen LogP contribution in [0.25, 0.3) is 12.2 Å². The Morgan fingerprint density at radius 2 is 0.857 bits per heavy atom. The van der Waals surface area contributed by atoms with Gasteiger partial charge in [0.2, 0.25) is 0 Å². The first-order chi connectivity index (χ1) is 17.0. The molecular formula is C30H20Cl2O2S. The Labute approximate surface area is 218 Å². The minimum atomic E-state index is -0.196. The molecule has 0 amide bonds. The van der Waals surface area contributed by atoms with Gasteiger partial charge in [0.05, 0.1) is 9.81 Å². The molecule has 0 saturated heterocycles. The van der Waals surface area contributed by atoms with E-state index < -0.39 is 0 Å². The zero-order valence-electron chi connectivity index (χ0n) is 18.5. The summed E-state index contributed by atoms with van der Waals surface area (Å²) in [6, 6.07) is 32.6. The summed E-state index contributed by atoms with van der Waals surface area (Å²) in [5.41, 5.74) is 2.69. The molecule has 0 unspecified atom stereocenters. The maximum absolute atomic E-state index is 13.6. The molecule has 4 aromatic carbocycles. The second-order valence-electron chi connectivity index (χ2n) is 7.61. The molecule has 0 atom stereocenters. The van der Waals surface area contributed by atoms with E-state index in [9.17, 15) is 9.59 Å². The fraction of sp³-hybridized carbons (Fsp3) is 0. The first kappa shape index (κ1) is 24.7. The van der Waals surface area contributed by atoms with E-state index >= 15 is 0 Å². The molecule has 0 aliphatic carbocycles. The Morgan fingerprint density at radius 3 is 1.20 bits per heavy atom. The van der Waals surface area contributed by atoms with Gasteiger partial charge in [-0.2, -0.15) is 0 Å². The Balaban J connectivity index is 1.78. The number of ketones is 2. The SMILES string of the molecule is O=C(/C(=C/c1ccccc1)S/C(=C\c1ccccc1)C(=O)c1ccc(Cl)cc1)c1ccc(Cl)cc1. The fourth-order valence-electron chi connectivity index (χ4n) is 3.29. The van der Waals surface area contributed by atoms with Crippen molar-refractivity contribution in [1.29, 1.82) is 0 Å². The average molecular weight is 515 g/mol. The minimum absolute atomic E-state index is 0.196. The number of carbonyl (C=O) groups excluding carboxylic acids is 2. The van der Waals surface area contributed by atoms with Crippen molar-refractivity contribution in [2.24, 2.45) is 0 Å². The Kier molecular flexibility index (Phi) is 8.38. The van der Waals surface area contributed by atoms with Crippen molar-refractivity contribution in [2.75, 3.05) is 0 Å². The summed E-state index contributed by atoms with van der Waals surface area (Å²) in [7, 11) is 0. The number of carbonyl (C=O) groups is 2. The van der Waals surface area contributed by atoms with E-state index in [0.717, 1.165) is 22.9 Å². The van der Waals surface area contributed by atoms with E-state index in [1.54, 1.807) is 60.7 Å². The molecule has 0 aliphatic rings. The number of allylic oxidation sites excluding steroid dienone is 2. The van der Waals surface area contributed by atoms with Gasteiger partial charge in [-0.15, -0.1) is 0 Å². The molecule has 0 N–H and O–H groups in total. The van der Waals surface area contributed by atoms with Crippen LogP contribution in [0.3, 0.4) is 0 Å². The number of hydrogen-bond acceptors (Lipinski definition) is 3. The number of rotatable bonds is 8. The third-order valence-electron chi connectivity index (χ3n) is 5.07. The van der Waals surface area contributed by atoms with Crippen LogP contribution in [-0.4, -0.2) is 11.6 Å². The lowest BCUT2D eigenvalue weighted by atomic mass is 10.1. The maximum Gasteiger partial charge on any atom is 0.199 e. The number of benzene rings is 4. The second-order valence-corrected chi connectivity index (χ2v) is 9.57. The van der Waals surface area contributed by atoms with Crippen molar-refractivity contribution >= 4 is 58.7 Å². The van der Waals surface area contributed by atoms with Crippen LogP contribution in [0.4, 0.5) is 0 Å². The number of hydrogen-bond donors (Lipinski definition) is 0. The summed E-state index contributed by atoms with van der Waals surface area (Å²) < 4.78 is 0. The molecule has 5 heteroatoms. The summed E-state index contributed by atoms with van der Waals surface area (Å²) in [6.07, 6.45) is 3.60. The molecule has 2 nitrogen and oxygen atoms in total. The van der Waals surface area contributed by atoms with Crippen LogP contribution in [0.5, 0.6) is 0 Å². The Hall–Kier alpha value is -3.37.